The number of carboxylic acids is 1. The van der Waals surface area contributed by atoms with Crippen molar-refractivity contribution in [2.75, 3.05) is 13.2 Å². The first kappa shape index (κ1) is 17.0. The third kappa shape index (κ3) is 4.81. The van der Waals surface area contributed by atoms with Crippen LogP contribution in [0.15, 0.2) is 28.7 Å². The second-order valence-corrected chi connectivity index (χ2v) is 6.46. The number of ether oxygens (including phenoxy) is 1. The van der Waals surface area contributed by atoms with Crippen LogP contribution in [0, 0.1) is 0 Å². The average Bonchev–Trinajstić information content (AvgIpc) is 2.46. The molecule has 1 heterocycles. The minimum absolute atomic E-state index is 0.0584. The zero-order chi connectivity index (χ0) is 16.0. The van der Waals surface area contributed by atoms with Gasteiger partial charge in [-0.1, -0.05) is 34.1 Å². The lowest BCUT2D eigenvalue weighted by atomic mass is 9.86. The van der Waals surface area contributed by atoms with E-state index >= 15 is 0 Å². The summed E-state index contributed by atoms with van der Waals surface area (Å²) < 4.78 is 6.26. The first-order valence-electron chi connectivity index (χ1n) is 7.35. The molecule has 1 fully saturated rings. The van der Waals surface area contributed by atoms with E-state index in [1.165, 1.54) is 0 Å². The van der Waals surface area contributed by atoms with Crippen LogP contribution in [0.25, 0.3) is 0 Å². The number of amides is 1. The highest BCUT2D eigenvalue weighted by molar-refractivity contribution is 9.10. The van der Waals surface area contributed by atoms with Gasteiger partial charge in [0.2, 0.25) is 5.91 Å². The smallest absolute Gasteiger partial charge is 0.305 e. The van der Waals surface area contributed by atoms with Crippen LogP contribution in [0.5, 0.6) is 0 Å². The van der Waals surface area contributed by atoms with E-state index in [0.717, 1.165) is 10.0 Å². The molecular weight excluding hydrogens is 350 g/mol. The zero-order valence-electron chi connectivity index (χ0n) is 12.3. The Hall–Kier alpha value is -1.40. The van der Waals surface area contributed by atoms with Crippen LogP contribution in [0.4, 0.5) is 0 Å². The van der Waals surface area contributed by atoms with Crippen molar-refractivity contribution in [3.8, 4) is 0 Å². The van der Waals surface area contributed by atoms with Crippen molar-refractivity contribution in [1.29, 1.82) is 0 Å². The molecule has 0 atom stereocenters. The normalized spacial score (nSPS) is 17.0. The highest BCUT2D eigenvalue weighted by atomic mass is 79.9. The van der Waals surface area contributed by atoms with Gasteiger partial charge in [-0.25, -0.2) is 0 Å². The summed E-state index contributed by atoms with van der Waals surface area (Å²) in [5.41, 5.74) is 0.395. The molecule has 0 saturated carbocycles. The molecule has 120 valence electrons. The molecule has 1 aromatic carbocycles. The summed E-state index contributed by atoms with van der Waals surface area (Å²) in [7, 11) is 0. The van der Waals surface area contributed by atoms with E-state index in [2.05, 4.69) is 21.2 Å². The molecule has 1 aliphatic rings. The summed E-state index contributed by atoms with van der Waals surface area (Å²) in [6.07, 6.45) is 1.98. The van der Waals surface area contributed by atoms with Crippen LogP contribution in [-0.2, 0) is 20.7 Å². The number of aliphatic carboxylic acids is 1. The van der Waals surface area contributed by atoms with Crippen LogP contribution >= 0.6 is 15.9 Å². The van der Waals surface area contributed by atoms with Crippen molar-refractivity contribution in [2.45, 2.75) is 37.6 Å². The molecule has 1 aromatic rings. The number of aryl methyl sites for hydroxylation is 1. The summed E-state index contributed by atoms with van der Waals surface area (Å²) in [6.45, 7) is 0.968. The molecule has 0 bridgehead atoms. The quantitative estimate of drug-likeness (QED) is 0.807. The van der Waals surface area contributed by atoms with E-state index in [9.17, 15) is 9.59 Å². The van der Waals surface area contributed by atoms with Crippen LogP contribution in [-0.4, -0.2) is 35.7 Å². The Morgan fingerprint density at radius 3 is 2.59 bits per heavy atom. The number of carbonyl (C=O) groups is 2. The van der Waals surface area contributed by atoms with Crippen molar-refractivity contribution in [3.63, 3.8) is 0 Å². The van der Waals surface area contributed by atoms with Crippen molar-refractivity contribution >= 4 is 27.8 Å². The minimum atomic E-state index is -0.895. The Morgan fingerprint density at radius 2 is 1.95 bits per heavy atom. The van der Waals surface area contributed by atoms with Crippen molar-refractivity contribution < 1.29 is 19.4 Å². The number of nitrogens with one attached hydrogen (secondary N) is 1. The van der Waals surface area contributed by atoms with E-state index in [4.69, 9.17) is 9.84 Å². The topological polar surface area (TPSA) is 75.6 Å². The standard InChI is InChI=1S/C16H20BrNO4/c17-13-4-2-1-3-12(13)5-6-14(19)18-16(11-15(20)21)7-9-22-10-8-16/h1-4H,5-11H2,(H,18,19)(H,20,21). The van der Waals surface area contributed by atoms with Gasteiger partial charge in [-0.15, -0.1) is 0 Å². The highest BCUT2D eigenvalue weighted by Gasteiger charge is 2.36. The number of benzene rings is 1. The van der Waals surface area contributed by atoms with Gasteiger partial charge in [0.1, 0.15) is 0 Å². The third-order valence-electron chi connectivity index (χ3n) is 3.92. The van der Waals surface area contributed by atoms with Gasteiger partial charge < -0.3 is 15.2 Å². The molecule has 0 radical (unpaired) electrons. The Labute approximate surface area is 138 Å². The van der Waals surface area contributed by atoms with Gasteiger partial charge in [0.25, 0.3) is 0 Å². The van der Waals surface area contributed by atoms with Crippen LogP contribution in [0.1, 0.15) is 31.2 Å². The molecule has 2 N–H and O–H groups in total. The van der Waals surface area contributed by atoms with Crippen molar-refractivity contribution in [2.24, 2.45) is 0 Å². The maximum atomic E-state index is 12.2. The maximum absolute atomic E-state index is 12.2. The Morgan fingerprint density at radius 1 is 1.27 bits per heavy atom. The van der Waals surface area contributed by atoms with E-state index < -0.39 is 11.5 Å². The monoisotopic (exact) mass is 369 g/mol. The number of hydrogen-bond acceptors (Lipinski definition) is 3. The fourth-order valence-electron chi connectivity index (χ4n) is 2.71. The Bertz CT molecular complexity index is 541. The summed E-state index contributed by atoms with van der Waals surface area (Å²) in [5, 5.41) is 12.0. The van der Waals surface area contributed by atoms with E-state index in [1.807, 2.05) is 24.3 Å². The third-order valence-corrected chi connectivity index (χ3v) is 4.70. The predicted molar refractivity (Wildman–Crippen MR) is 85.6 cm³/mol. The molecule has 0 spiro atoms. The van der Waals surface area contributed by atoms with Crippen LogP contribution < -0.4 is 5.32 Å². The summed E-state index contributed by atoms with van der Waals surface area (Å²) in [6, 6.07) is 7.77. The number of rotatable bonds is 6. The minimum Gasteiger partial charge on any atom is -0.481 e. The van der Waals surface area contributed by atoms with E-state index in [0.29, 0.717) is 38.9 Å². The molecule has 0 aliphatic carbocycles. The van der Waals surface area contributed by atoms with Gasteiger partial charge in [0.05, 0.1) is 12.0 Å². The first-order valence-corrected chi connectivity index (χ1v) is 8.14. The van der Waals surface area contributed by atoms with Crippen molar-refractivity contribution in [3.05, 3.63) is 34.3 Å². The lowest BCUT2D eigenvalue weighted by Gasteiger charge is -2.36. The molecule has 1 aliphatic heterocycles. The maximum Gasteiger partial charge on any atom is 0.305 e. The fourth-order valence-corrected chi connectivity index (χ4v) is 3.19. The summed E-state index contributed by atoms with van der Waals surface area (Å²) >= 11 is 3.46. The lowest BCUT2D eigenvalue weighted by molar-refractivity contribution is -0.140. The number of carboxylic acid groups (broad SMARTS) is 1. The number of hydrogen-bond donors (Lipinski definition) is 2. The second kappa shape index (κ2) is 7.74. The highest BCUT2D eigenvalue weighted by Crippen LogP contribution is 2.25. The number of carbonyl (C=O) groups excluding carboxylic acids is 1. The second-order valence-electron chi connectivity index (χ2n) is 5.60. The SMILES string of the molecule is O=C(O)CC1(NC(=O)CCc2ccccc2Br)CCOCC1. The molecule has 0 unspecified atom stereocenters. The summed E-state index contributed by atoms with van der Waals surface area (Å²) in [4.78, 5) is 23.3. The van der Waals surface area contributed by atoms with Gasteiger partial charge >= 0.3 is 5.97 Å². The van der Waals surface area contributed by atoms with Crippen LogP contribution in [0.2, 0.25) is 0 Å². The van der Waals surface area contributed by atoms with Gasteiger partial charge in [-0.3, -0.25) is 9.59 Å². The van der Waals surface area contributed by atoms with E-state index in [-0.39, 0.29) is 12.3 Å². The van der Waals surface area contributed by atoms with Crippen LogP contribution in [0.3, 0.4) is 0 Å². The number of halogens is 1. The zero-order valence-corrected chi connectivity index (χ0v) is 13.9. The van der Waals surface area contributed by atoms with E-state index in [1.54, 1.807) is 0 Å². The molecule has 22 heavy (non-hydrogen) atoms. The van der Waals surface area contributed by atoms with Gasteiger partial charge in [-0.2, -0.15) is 0 Å². The Kier molecular flexibility index (Phi) is 5.97. The van der Waals surface area contributed by atoms with Gasteiger partial charge in [0.15, 0.2) is 0 Å². The predicted octanol–water partition coefficient (Wildman–Crippen LogP) is 2.52. The fraction of sp³-hybridized carbons (Fsp3) is 0.500. The summed E-state index contributed by atoms with van der Waals surface area (Å²) in [5.74, 6) is -1.01. The first-order chi connectivity index (χ1) is 10.5. The molecule has 1 saturated heterocycles. The molecule has 5 nitrogen and oxygen atoms in total. The average molecular weight is 370 g/mol. The largest absolute Gasteiger partial charge is 0.481 e. The molecule has 1 amide bonds. The molecule has 6 heteroatoms. The van der Waals surface area contributed by atoms with Gasteiger partial charge in [-0.05, 0) is 30.9 Å². The molecular formula is C16H20BrNO4. The Balaban J connectivity index is 1.93. The molecule has 0 aromatic heterocycles. The molecule has 2 rings (SSSR count). The van der Waals surface area contributed by atoms with Crippen molar-refractivity contribution in [1.82, 2.24) is 5.32 Å². The lowest BCUT2D eigenvalue weighted by Crippen LogP contribution is -2.53. The van der Waals surface area contributed by atoms with Gasteiger partial charge in [0, 0.05) is 24.1 Å².